The van der Waals surface area contributed by atoms with Gasteiger partial charge in [0.25, 0.3) is 0 Å². The summed E-state index contributed by atoms with van der Waals surface area (Å²) in [4.78, 5) is 8.76. The van der Waals surface area contributed by atoms with Crippen LogP contribution in [0.3, 0.4) is 0 Å². The van der Waals surface area contributed by atoms with Gasteiger partial charge in [0.15, 0.2) is 0 Å². The van der Waals surface area contributed by atoms with E-state index in [-0.39, 0.29) is 5.41 Å². The van der Waals surface area contributed by atoms with E-state index in [0.29, 0.717) is 0 Å². The van der Waals surface area contributed by atoms with Crippen molar-refractivity contribution in [3.05, 3.63) is 15.6 Å². The first-order chi connectivity index (χ1) is 6.42. The van der Waals surface area contributed by atoms with Crippen LogP contribution in [0, 0.1) is 8.99 Å². The quantitative estimate of drug-likeness (QED) is 0.854. The van der Waals surface area contributed by atoms with Gasteiger partial charge < -0.3 is 5.32 Å². The van der Waals surface area contributed by atoms with Gasteiger partial charge in [-0.3, -0.25) is 0 Å². The highest BCUT2D eigenvalue weighted by molar-refractivity contribution is 14.1. The third kappa shape index (κ3) is 3.40. The van der Waals surface area contributed by atoms with Gasteiger partial charge in [-0.25, -0.2) is 9.97 Å². The van der Waals surface area contributed by atoms with Crippen LogP contribution >= 0.6 is 22.6 Å². The third-order valence-electron chi connectivity index (χ3n) is 1.72. The Hall–Kier alpha value is -0.390. The molecule has 0 saturated carbocycles. The van der Waals surface area contributed by atoms with Crippen molar-refractivity contribution in [1.29, 1.82) is 0 Å². The fraction of sp³-hybridized carbons (Fsp3) is 0.600. The van der Waals surface area contributed by atoms with Crippen molar-refractivity contribution in [3.63, 3.8) is 0 Å². The van der Waals surface area contributed by atoms with Crippen molar-refractivity contribution in [3.8, 4) is 0 Å². The summed E-state index contributed by atoms with van der Waals surface area (Å²) in [5.41, 5.74) is 0.234. The van der Waals surface area contributed by atoms with E-state index >= 15 is 0 Å². The molecule has 1 aromatic rings. The summed E-state index contributed by atoms with van der Waals surface area (Å²) in [6, 6.07) is 0. The number of rotatable bonds is 2. The van der Waals surface area contributed by atoms with Gasteiger partial charge in [-0.2, -0.15) is 0 Å². The highest BCUT2D eigenvalue weighted by Gasteiger charge is 2.14. The molecule has 0 saturated heterocycles. The molecule has 1 heterocycles. The van der Waals surface area contributed by atoms with Crippen LogP contribution in [-0.4, -0.2) is 17.0 Å². The molecule has 14 heavy (non-hydrogen) atoms. The van der Waals surface area contributed by atoms with Gasteiger partial charge in [-0.05, 0) is 28.0 Å². The fourth-order valence-corrected chi connectivity index (χ4v) is 1.67. The van der Waals surface area contributed by atoms with Crippen molar-refractivity contribution < 1.29 is 0 Å². The van der Waals surface area contributed by atoms with Crippen LogP contribution in [0.2, 0.25) is 0 Å². The van der Waals surface area contributed by atoms with Gasteiger partial charge >= 0.3 is 0 Å². The first kappa shape index (κ1) is 11.7. The Kier molecular flexibility index (Phi) is 3.69. The normalized spacial score (nSPS) is 11.5. The maximum Gasteiger partial charge on any atom is 0.142 e. The number of aromatic nitrogens is 2. The molecule has 0 amide bonds. The molecule has 0 aliphatic heterocycles. The van der Waals surface area contributed by atoms with Gasteiger partial charge in [-0.15, -0.1) is 0 Å². The van der Waals surface area contributed by atoms with E-state index < -0.39 is 0 Å². The molecule has 0 aliphatic carbocycles. The molecule has 0 radical (unpaired) electrons. The second-order valence-corrected chi connectivity index (χ2v) is 5.63. The summed E-state index contributed by atoms with van der Waals surface area (Å²) in [6.45, 7) is 6.56. The van der Waals surface area contributed by atoms with E-state index in [2.05, 4.69) is 58.6 Å². The molecule has 3 nitrogen and oxygen atoms in total. The van der Waals surface area contributed by atoms with Crippen molar-refractivity contribution in [2.75, 3.05) is 12.4 Å². The molecule has 0 unspecified atom stereocenters. The first-order valence-electron chi connectivity index (χ1n) is 4.61. The van der Waals surface area contributed by atoms with Crippen LogP contribution in [0.5, 0.6) is 0 Å². The topological polar surface area (TPSA) is 37.8 Å². The van der Waals surface area contributed by atoms with Gasteiger partial charge in [0.05, 0.1) is 3.57 Å². The molecule has 0 aromatic carbocycles. The molecule has 0 atom stereocenters. The van der Waals surface area contributed by atoms with Gasteiger partial charge in [-0.1, -0.05) is 20.8 Å². The largest absolute Gasteiger partial charge is 0.372 e. The lowest BCUT2D eigenvalue weighted by Crippen LogP contribution is -2.13. The molecule has 1 N–H and O–H groups in total. The van der Waals surface area contributed by atoms with Crippen LogP contribution in [-0.2, 0) is 6.42 Å². The maximum atomic E-state index is 4.45. The van der Waals surface area contributed by atoms with Crippen molar-refractivity contribution in [2.45, 2.75) is 27.2 Å². The summed E-state index contributed by atoms with van der Waals surface area (Å²) in [7, 11) is 1.88. The minimum absolute atomic E-state index is 0.234. The van der Waals surface area contributed by atoms with Crippen LogP contribution in [0.25, 0.3) is 0 Å². The molecule has 0 bridgehead atoms. The highest BCUT2D eigenvalue weighted by Crippen LogP contribution is 2.20. The standard InChI is InChI=1S/C10H16IN3/c1-10(2,3)5-8-13-6-7(11)9(12-4)14-8/h6H,5H2,1-4H3,(H,12,13,14). The number of hydrogen-bond donors (Lipinski definition) is 1. The van der Waals surface area contributed by atoms with E-state index in [9.17, 15) is 0 Å². The molecular weight excluding hydrogens is 289 g/mol. The first-order valence-corrected chi connectivity index (χ1v) is 5.69. The summed E-state index contributed by atoms with van der Waals surface area (Å²) >= 11 is 2.23. The molecule has 78 valence electrons. The van der Waals surface area contributed by atoms with Crippen LogP contribution in [0.4, 0.5) is 5.82 Å². The van der Waals surface area contributed by atoms with Gasteiger partial charge in [0.2, 0.25) is 0 Å². The number of anilines is 1. The maximum absolute atomic E-state index is 4.45. The van der Waals surface area contributed by atoms with Gasteiger partial charge in [0, 0.05) is 19.7 Å². The van der Waals surface area contributed by atoms with Crippen molar-refractivity contribution in [2.24, 2.45) is 5.41 Å². The molecule has 0 aliphatic rings. The number of nitrogens with zero attached hydrogens (tertiary/aromatic N) is 2. The van der Waals surface area contributed by atoms with Crippen molar-refractivity contribution >= 4 is 28.4 Å². The second-order valence-electron chi connectivity index (χ2n) is 4.47. The van der Waals surface area contributed by atoms with E-state index in [4.69, 9.17) is 0 Å². The van der Waals surface area contributed by atoms with E-state index in [0.717, 1.165) is 21.6 Å². The lowest BCUT2D eigenvalue weighted by molar-refractivity contribution is 0.400. The summed E-state index contributed by atoms with van der Waals surface area (Å²) in [6.07, 6.45) is 2.76. The average molecular weight is 305 g/mol. The lowest BCUT2D eigenvalue weighted by atomic mass is 9.92. The zero-order chi connectivity index (χ0) is 10.8. The summed E-state index contributed by atoms with van der Waals surface area (Å²) in [5, 5.41) is 3.06. The Labute approximate surface area is 98.9 Å². The molecule has 1 aromatic heterocycles. The molecule has 4 heteroatoms. The Morgan fingerprint density at radius 2 is 2.07 bits per heavy atom. The highest BCUT2D eigenvalue weighted by atomic mass is 127. The molecule has 0 spiro atoms. The van der Waals surface area contributed by atoms with E-state index in [1.165, 1.54) is 0 Å². The van der Waals surface area contributed by atoms with E-state index in [1.54, 1.807) is 0 Å². The third-order valence-corrected chi connectivity index (χ3v) is 2.51. The van der Waals surface area contributed by atoms with Crippen LogP contribution in [0.1, 0.15) is 26.6 Å². The minimum Gasteiger partial charge on any atom is -0.372 e. The monoisotopic (exact) mass is 305 g/mol. The van der Waals surface area contributed by atoms with Gasteiger partial charge in [0.1, 0.15) is 11.6 Å². The Morgan fingerprint density at radius 3 is 2.57 bits per heavy atom. The van der Waals surface area contributed by atoms with Crippen LogP contribution < -0.4 is 5.32 Å². The Morgan fingerprint density at radius 1 is 1.43 bits per heavy atom. The zero-order valence-electron chi connectivity index (χ0n) is 9.06. The molecule has 0 fully saturated rings. The number of halogens is 1. The average Bonchev–Trinajstić information content (AvgIpc) is 2.06. The predicted molar refractivity (Wildman–Crippen MR) is 67.5 cm³/mol. The zero-order valence-corrected chi connectivity index (χ0v) is 11.2. The second kappa shape index (κ2) is 4.42. The fourth-order valence-electron chi connectivity index (χ4n) is 1.14. The SMILES string of the molecule is CNc1nc(CC(C)(C)C)ncc1I. The molecular formula is C10H16IN3. The van der Waals surface area contributed by atoms with E-state index in [1.807, 2.05) is 13.2 Å². The van der Waals surface area contributed by atoms with Crippen molar-refractivity contribution in [1.82, 2.24) is 9.97 Å². The lowest BCUT2D eigenvalue weighted by Gasteiger charge is -2.17. The minimum atomic E-state index is 0.234. The summed E-state index contributed by atoms with van der Waals surface area (Å²) < 4.78 is 1.06. The number of hydrogen-bond acceptors (Lipinski definition) is 3. The smallest absolute Gasteiger partial charge is 0.142 e. The predicted octanol–water partition coefficient (Wildman–Crippen LogP) is 2.71. The molecule has 1 rings (SSSR count). The summed E-state index contributed by atoms with van der Waals surface area (Å²) in [5.74, 6) is 1.82. The van der Waals surface area contributed by atoms with Crippen LogP contribution in [0.15, 0.2) is 6.20 Å². The Balaban J connectivity index is 2.90. The Bertz CT molecular complexity index is 318. The number of nitrogens with one attached hydrogen (secondary N) is 1.